The largest absolute Gasteiger partial charge is 0.383 e. The van der Waals surface area contributed by atoms with E-state index in [1.54, 1.807) is 22.9 Å². The number of hydrogen-bond acceptors (Lipinski definition) is 5. The lowest BCUT2D eigenvalue weighted by molar-refractivity contribution is -0.114. The number of nitrogens with zero attached hydrogens (tertiary/aromatic N) is 4. The van der Waals surface area contributed by atoms with Crippen molar-refractivity contribution < 1.29 is 9.18 Å². The summed E-state index contributed by atoms with van der Waals surface area (Å²) in [5, 5.41) is 4.52. The quantitative estimate of drug-likeness (QED) is 0.439. The second kappa shape index (κ2) is 11.2. The number of aryl methyl sites for hydroxylation is 1. The third kappa shape index (κ3) is 5.64. The van der Waals surface area contributed by atoms with Crippen LogP contribution in [0.5, 0.6) is 0 Å². The molecule has 0 spiro atoms. The Kier molecular flexibility index (Phi) is 8.29. The first-order chi connectivity index (χ1) is 17.0. The number of benzene rings is 1. The van der Waals surface area contributed by atoms with Crippen LogP contribution in [-0.4, -0.2) is 31.8 Å². The minimum Gasteiger partial charge on any atom is -0.383 e. The van der Waals surface area contributed by atoms with Crippen LogP contribution in [0.3, 0.4) is 0 Å². The molecule has 0 aliphatic heterocycles. The van der Waals surface area contributed by atoms with E-state index in [1.807, 2.05) is 34.6 Å². The van der Waals surface area contributed by atoms with Crippen molar-refractivity contribution in [2.45, 2.75) is 54.0 Å². The highest BCUT2D eigenvalue weighted by atomic mass is 19.1. The van der Waals surface area contributed by atoms with E-state index in [9.17, 15) is 18.8 Å². The van der Waals surface area contributed by atoms with Crippen LogP contribution in [0.2, 0.25) is 0 Å². The van der Waals surface area contributed by atoms with E-state index in [-0.39, 0.29) is 29.8 Å². The number of carbonyl (C=O) groups is 1. The van der Waals surface area contributed by atoms with Gasteiger partial charge in [-0.3, -0.25) is 19.1 Å². The molecule has 0 atom stereocenters. The van der Waals surface area contributed by atoms with Gasteiger partial charge in [0, 0.05) is 30.4 Å². The minimum absolute atomic E-state index is 0.0335. The van der Waals surface area contributed by atoms with Gasteiger partial charge >= 0.3 is 5.69 Å². The second-order valence-electron chi connectivity index (χ2n) is 9.15. The summed E-state index contributed by atoms with van der Waals surface area (Å²) in [5.41, 5.74) is 7.80. The molecule has 1 aromatic carbocycles. The van der Waals surface area contributed by atoms with E-state index >= 15 is 0 Å². The third-order valence-electron chi connectivity index (χ3n) is 5.84. The Balaban J connectivity index is 2.00. The Morgan fingerprint density at radius 1 is 1.22 bits per heavy atom. The number of hydrogen-bond donors (Lipinski definition) is 2. The Labute approximate surface area is 209 Å². The molecule has 0 aliphatic carbocycles. The van der Waals surface area contributed by atoms with Crippen LogP contribution in [0, 0.1) is 25.6 Å². The van der Waals surface area contributed by atoms with E-state index in [2.05, 4.69) is 10.1 Å². The zero-order chi connectivity index (χ0) is 26.6. The van der Waals surface area contributed by atoms with Gasteiger partial charge in [-0.25, -0.2) is 13.9 Å². The van der Waals surface area contributed by atoms with Crippen LogP contribution >= 0.6 is 0 Å². The molecule has 1 amide bonds. The van der Waals surface area contributed by atoms with Crippen molar-refractivity contribution in [2.75, 3.05) is 17.2 Å². The summed E-state index contributed by atoms with van der Waals surface area (Å²) in [6.07, 6.45) is 4.45. The highest BCUT2D eigenvalue weighted by Crippen LogP contribution is 2.22. The summed E-state index contributed by atoms with van der Waals surface area (Å²) in [6, 6.07) is 5.97. The van der Waals surface area contributed by atoms with Gasteiger partial charge in [0.1, 0.15) is 11.6 Å². The predicted molar refractivity (Wildman–Crippen MR) is 140 cm³/mol. The van der Waals surface area contributed by atoms with E-state index in [0.29, 0.717) is 24.3 Å². The van der Waals surface area contributed by atoms with Gasteiger partial charge < -0.3 is 10.6 Å². The van der Waals surface area contributed by atoms with Gasteiger partial charge in [0.2, 0.25) is 0 Å². The average Bonchev–Trinajstić information content (AvgIpc) is 3.10. The number of amides is 1. The summed E-state index contributed by atoms with van der Waals surface area (Å²) in [6.45, 7) is 10.1. The molecule has 10 heteroatoms. The fourth-order valence-corrected chi connectivity index (χ4v) is 4.01. The van der Waals surface area contributed by atoms with Crippen molar-refractivity contribution in [3.63, 3.8) is 0 Å². The average molecular weight is 497 g/mol. The molecule has 3 N–H and O–H groups in total. The third-order valence-corrected chi connectivity index (χ3v) is 5.84. The Morgan fingerprint density at radius 3 is 2.50 bits per heavy atom. The molecule has 3 aromatic rings. The smallest absolute Gasteiger partial charge is 0.330 e. The molecule has 2 aromatic heterocycles. The van der Waals surface area contributed by atoms with Crippen LogP contribution in [0.25, 0.3) is 11.8 Å². The lowest BCUT2D eigenvalue weighted by Crippen LogP contribution is -2.41. The number of H-pyrrole nitrogens is 1. The maximum Gasteiger partial charge on any atom is 0.330 e. The van der Waals surface area contributed by atoms with Crippen molar-refractivity contribution in [3.8, 4) is 5.69 Å². The Morgan fingerprint density at radius 2 is 1.89 bits per heavy atom. The highest BCUT2D eigenvalue weighted by molar-refractivity contribution is 6.05. The zero-order valence-electron chi connectivity index (χ0n) is 21.3. The molecule has 0 radical (unpaired) electrons. The lowest BCUT2D eigenvalue weighted by Gasteiger charge is -2.23. The van der Waals surface area contributed by atoms with Crippen molar-refractivity contribution in [3.05, 3.63) is 73.9 Å². The number of rotatable bonds is 9. The second-order valence-corrected chi connectivity index (χ2v) is 9.15. The van der Waals surface area contributed by atoms with Crippen molar-refractivity contribution >= 4 is 23.5 Å². The summed E-state index contributed by atoms with van der Waals surface area (Å²) < 4.78 is 16.3. The molecule has 0 unspecified atom stereocenters. The summed E-state index contributed by atoms with van der Waals surface area (Å²) in [4.78, 5) is 42.1. The molecule has 0 aliphatic rings. The number of aromatic amines is 1. The number of anilines is 2. The fraction of sp³-hybridized carbons (Fsp3) is 0.385. The Hall–Kier alpha value is -3.95. The molecule has 2 heterocycles. The SMILES string of the molecule is CCCCN(C(=O)/C=C/c1c(C)nn(-c2ccc(F)cc2)c1C)c1c(N)n(CC(C)C)c(=O)[nH]c1=O. The number of aromatic nitrogens is 4. The first-order valence-corrected chi connectivity index (χ1v) is 12.0. The Bertz CT molecular complexity index is 1380. The van der Waals surface area contributed by atoms with E-state index in [0.717, 1.165) is 17.7 Å². The van der Waals surface area contributed by atoms with Gasteiger partial charge in [-0.2, -0.15) is 5.10 Å². The van der Waals surface area contributed by atoms with Gasteiger partial charge in [0.05, 0.1) is 11.4 Å². The van der Waals surface area contributed by atoms with Crippen molar-refractivity contribution in [2.24, 2.45) is 5.92 Å². The maximum absolute atomic E-state index is 13.4. The first-order valence-electron chi connectivity index (χ1n) is 12.0. The topological polar surface area (TPSA) is 119 Å². The van der Waals surface area contributed by atoms with E-state index in [4.69, 9.17) is 5.73 Å². The van der Waals surface area contributed by atoms with Crippen LogP contribution in [-0.2, 0) is 11.3 Å². The van der Waals surface area contributed by atoms with Gasteiger partial charge in [-0.15, -0.1) is 0 Å². The monoisotopic (exact) mass is 496 g/mol. The molecule has 0 saturated carbocycles. The molecule has 3 rings (SSSR count). The molecule has 36 heavy (non-hydrogen) atoms. The number of halogens is 1. The maximum atomic E-state index is 13.4. The number of unbranched alkanes of at least 4 members (excludes halogenated alkanes) is 1. The van der Waals surface area contributed by atoms with Gasteiger partial charge in [-0.05, 0) is 56.5 Å². The standard InChI is InChI=1S/C26H33FN6O3/c1-6-7-14-31(23-24(28)32(15-16(2)3)26(36)29-25(23)35)22(34)13-12-21-17(4)30-33(18(21)5)20-10-8-19(27)9-11-20/h8-13,16H,6-7,14-15,28H2,1-5H3,(H,29,35,36)/b13-12+. The lowest BCUT2D eigenvalue weighted by atomic mass is 10.1. The van der Waals surface area contributed by atoms with Crippen molar-refractivity contribution in [1.82, 2.24) is 19.3 Å². The molecular weight excluding hydrogens is 463 g/mol. The molecule has 0 bridgehead atoms. The molecule has 192 valence electrons. The normalized spacial score (nSPS) is 11.5. The predicted octanol–water partition coefficient (Wildman–Crippen LogP) is 3.56. The number of nitrogens with one attached hydrogen (secondary N) is 1. The van der Waals surface area contributed by atoms with Gasteiger partial charge in [-0.1, -0.05) is 27.2 Å². The molecule has 0 saturated heterocycles. The fourth-order valence-electron chi connectivity index (χ4n) is 4.01. The van der Waals surface area contributed by atoms with Crippen LogP contribution in [0.4, 0.5) is 15.9 Å². The highest BCUT2D eigenvalue weighted by Gasteiger charge is 2.23. The van der Waals surface area contributed by atoms with Gasteiger partial charge in [0.25, 0.3) is 11.5 Å². The number of carbonyl (C=O) groups excluding carboxylic acids is 1. The van der Waals surface area contributed by atoms with Crippen LogP contribution in [0.15, 0.2) is 39.9 Å². The molecular formula is C26H33FN6O3. The minimum atomic E-state index is -0.702. The zero-order valence-corrected chi connectivity index (χ0v) is 21.3. The van der Waals surface area contributed by atoms with E-state index < -0.39 is 17.2 Å². The summed E-state index contributed by atoms with van der Waals surface area (Å²) in [5.74, 6) is -0.713. The van der Waals surface area contributed by atoms with E-state index in [1.165, 1.54) is 27.7 Å². The number of nitrogen functional groups attached to an aromatic ring is 1. The van der Waals surface area contributed by atoms with Crippen molar-refractivity contribution in [1.29, 1.82) is 0 Å². The summed E-state index contributed by atoms with van der Waals surface area (Å²) in [7, 11) is 0. The van der Waals surface area contributed by atoms with Crippen LogP contribution < -0.4 is 21.9 Å². The summed E-state index contributed by atoms with van der Waals surface area (Å²) >= 11 is 0. The molecule has 0 fully saturated rings. The van der Waals surface area contributed by atoms with Gasteiger partial charge in [0.15, 0.2) is 5.69 Å². The van der Waals surface area contributed by atoms with Crippen LogP contribution in [0.1, 0.15) is 50.6 Å². The number of nitrogens with two attached hydrogens (primary N) is 1. The molecule has 9 nitrogen and oxygen atoms in total. The first kappa shape index (κ1) is 26.7.